The molecule has 0 radical (unpaired) electrons. The number of hydrogen-bond acceptors (Lipinski definition) is 10. The van der Waals surface area contributed by atoms with Crippen LogP contribution in [0, 0.1) is 11.8 Å². The lowest BCUT2D eigenvalue weighted by Gasteiger charge is -2.23. The summed E-state index contributed by atoms with van der Waals surface area (Å²) in [6, 6.07) is 14.4. The van der Waals surface area contributed by atoms with Gasteiger partial charge >= 0.3 is 11.9 Å². The topological polar surface area (TPSA) is 234 Å². The van der Waals surface area contributed by atoms with Crippen LogP contribution in [0.4, 0.5) is 0 Å². The first kappa shape index (κ1) is 44.6. The molecule has 0 bridgehead atoms. The number of ketones is 2. The molecule has 53 heavy (non-hydrogen) atoms. The Balaban J connectivity index is 2.16. The molecule has 2 aromatic rings. The van der Waals surface area contributed by atoms with E-state index in [0.717, 1.165) is 36.9 Å². The summed E-state index contributed by atoms with van der Waals surface area (Å²) in [6.07, 6.45) is 2.62. The Morgan fingerprint density at radius 3 is 1.83 bits per heavy atom. The molecular formula is C38H53N5O9S. The van der Waals surface area contributed by atoms with Crippen molar-refractivity contribution in [2.45, 2.75) is 82.3 Å². The summed E-state index contributed by atoms with van der Waals surface area (Å²) in [4.78, 5) is 88.9. The van der Waals surface area contributed by atoms with Crippen LogP contribution < -0.4 is 27.0 Å². The minimum Gasteiger partial charge on any atom is -0.481 e. The predicted molar refractivity (Wildman–Crippen MR) is 202 cm³/mol. The number of Topliss-reactive ketones (excluding diaryl/α,β-unsaturated/α-hetero) is 2. The quantitative estimate of drug-likeness (QED) is 0.0483. The largest absolute Gasteiger partial charge is 0.481 e. The van der Waals surface area contributed by atoms with E-state index < -0.39 is 78.9 Å². The third-order valence-corrected chi connectivity index (χ3v) is 9.11. The fraction of sp³-hybridized carbons (Fsp3) is 0.500. The predicted octanol–water partition coefficient (Wildman–Crippen LogP) is 1.69. The fourth-order valence-corrected chi connectivity index (χ4v) is 5.89. The highest BCUT2D eigenvalue weighted by atomic mass is 32.1. The molecule has 14 nitrogen and oxygen atoms in total. The number of nitrogens with two attached hydrogens (primary N) is 1. The first-order chi connectivity index (χ1) is 25.3. The van der Waals surface area contributed by atoms with E-state index in [-0.39, 0.29) is 43.1 Å². The summed E-state index contributed by atoms with van der Waals surface area (Å²) in [5.74, 6) is -7.89. The van der Waals surface area contributed by atoms with E-state index >= 15 is 0 Å². The van der Waals surface area contributed by atoms with Crippen LogP contribution in [0.5, 0.6) is 0 Å². The number of rotatable bonds is 27. The van der Waals surface area contributed by atoms with Crippen molar-refractivity contribution < 1.29 is 43.8 Å². The number of aliphatic carboxylic acids is 2. The summed E-state index contributed by atoms with van der Waals surface area (Å²) in [7, 11) is 1.89. The number of carboxylic acid groups (broad SMARTS) is 2. The number of carboxylic acids is 2. The number of unbranched alkanes of at least 4 members (excludes halogenated alkanes) is 3. The Labute approximate surface area is 315 Å². The van der Waals surface area contributed by atoms with E-state index in [9.17, 15) is 43.8 Å². The van der Waals surface area contributed by atoms with E-state index in [1.165, 1.54) is 0 Å². The second-order valence-electron chi connectivity index (χ2n) is 13.0. The van der Waals surface area contributed by atoms with Gasteiger partial charge in [0.05, 0.1) is 24.4 Å². The number of benzene rings is 2. The molecule has 0 aromatic heterocycles. The van der Waals surface area contributed by atoms with Gasteiger partial charge in [0, 0.05) is 37.5 Å². The van der Waals surface area contributed by atoms with Gasteiger partial charge in [-0.2, -0.15) is 12.6 Å². The fourth-order valence-electron chi connectivity index (χ4n) is 5.61. The van der Waals surface area contributed by atoms with Crippen molar-refractivity contribution in [1.29, 1.82) is 0 Å². The Morgan fingerprint density at radius 2 is 1.26 bits per heavy atom. The molecule has 0 aliphatic rings. The van der Waals surface area contributed by atoms with Crippen LogP contribution in [0.2, 0.25) is 0 Å². The van der Waals surface area contributed by atoms with Gasteiger partial charge < -0.3 is 37.2 Å². The smallest absolute Gasteiger partial charge is 0.307 e. The summed E-state index contributed by atoms with van der Waals surface area (Å²) >= 11 is 3.92. The summed E-state index contributed by atoms with van der Waals surface area (Å²) in [5, 5.41) is 29.4. The number of nitrogens with one attached hydrogen (secondary N) is 4. The third kappa shape index (κ3) is 17.6. The van der Waals surface area contributed by atoms with Crippen LogP contribution in [0.3, 0.4) is 0 Å². The van der Waals surface area contributed by atoms with Gasteiger partial charge in [-0.25, -0.2) is 0 Å². The molecule has 5 atom stereocenters. The summed E-state index contributed by atoms with van der Waals surface area (Å²) in [6.45, 7) is 0.490. The molecule has 3 amide bonds. The highest BCUT2D eigenvalue weighted by Gasteiger charge is 2.31. The monoisotopic (exact) mass is 755 g/mol. The van der Waals surface area contributed by atoms with E-state index in [1.807, 2.05) is 55.6 Å². The first-order valence-corrected chi connectivity index (χ1v) is 18.4. The molecule has 2 rings (SSSR count). The zero-order chi connectivity index (χ0) is 39.2. The SMILES string of the molecule is CNCCCCCCC(=O)N[C@@H](Cc1ccccc1)C(=O)C[C@@H](Cc1ccccc1)C(=O)NC[C@H](N)C(=O)NC(CC(=O)O)C(=O)CC(CS)C(=O)O. The second-order valence-corrected chi connectivity index (χ2v) is 13.4. The molecule has 0 aliphatic heterocycles. The lowest BCUT2D eigenvalue weighted by molar-refractivity contribution is -0.143. The van der Waals surface area contributed by atoms with E-state index in [0.29, 0.717) is 6.42 Å². The molecule has 15 heteroatoms. The minimum atomic E-state index is -1.55. The second kappa shape index (κ2) is 24.6. The average molecular weight is 756 g/mol. The molecular weight excluding hydrogens is 703 g/mol. The molecule has 0 spiro atoms. The average Bonchev–Trinajstić information content (AvgIpc) is 3.13. The van der Waals surface area contributed by atoms with Crippen LogP contribution in [0.25, 0.3) is 0 Å². The Kier molecular flexibility index (Phi) is 20.7. The van der Waals surface area contributed by atoms with Gasteiger partial charge in [-0.1, -0.05) is 73.5 Å². The van der Waals surface area contributed by atoms with E-state index in [4.69, 9.17) is 5.73 Å². The maximum atomic E-state index is 13.9. The Hall–Kier alpha value is -4.60. The van der Waals surface area contributed by atoms with Crippen molar-refractivity contribution in [3.05, 3.63) is 71.8 Å². The number of amides is 3. The van der Waals surface area contributed by atoms with E-state index in [2.05, 4.69) is 33.9 Å². The zero-order valence-corrected chi connectivity index (χ0v) is 31.0. The highest BCUT2D eigenvalue weighted by molar-refractivity contribution is 7.80. The van der Waals surface area contributed by atoms with Crippen LogP contribution in [-0.4, -0.2) is 95.5 Å². The van der Waals surface area contributed by atoms with Gasteiger partial charge in [0.2, 0.25) is 17.7 Å². The Morgan fingerprint density at radius 1 is 0.698 bits per heavy atom. The van der Waals surface area contributed by atoms with Crippen LogP contribution in [0.1, 0.15) is 62.5 Å². The normalized spacial score (nSPS) is 13.8. The molecule has 0 saturated carbocycles. The van der Waals surface area contributed by atoms with Gasteiger partial charge in [-0.15, -0.1) is 0 Å². The van der Waals surface area contributed by atoms with Gasteiger partial charge in [0.25, 0.3) is 0 Å². The molecule has 0 fully saturated rings. The standard InChI is InChI=1S/C38H53N5O9S/c1-40-17-11-3-2-10-16-34(46)42-30(19-26-14-8-5-9-15-26)32(44)20-27(18-25-12-6-4-7-13-25)36(49)41-23-29(39)37(50)43-31(22-35(47)48)33(45)21-28(24-53)38(51)52/h4-9,12-15,27-31,40,53H,2-3,10-11,16-24,39H2,1H3,(H,41,49)(H,42,46)(H,43,50)(H,47,48)(H,51,52)/t27-,28?,29+,30+,31?/m1/s1. The van der Waals surface area contributed by atoms with Crippen molar-refractivity contribution in [3.63, 3.8) is 0 Å². The van der Waals surface area contributed by atoms with Crippen LogP contribution >= 0.6 is 12.6 Å². The van der Waals surface area contributed by atoms with Crippen molar-refractivity contribution >= 4 is 53.9 Å². The summed E-state index contributed by atoms with van der Waals surface area (Å²) < 4.78 is 0. The molecule has 2 unspecified atom stereocenters. The highest BCUT2D eigenvalue weighted by Crippen LogP contribution is 2.17. The van der Waals surface area contributed by atoms with Gasteiger partial charge in [0.1, 0.15) is 6.04 Å². The van der Waals surface area contributed by atoms with Crippen LogP contribution in [0.15, 0.2) is 60.7 Å². The maximum absolute atomic E-state index is 13.9. The molecule has 290 valence electrons. The van der Waals surface area contributed by atoms with Gasteiger partial charge in [-0.3, -0.25) is 33.6 Å². The van der Waals surface area contributed by atoms with Crippen molar-refractivity contribution in [1.82, 2.24) is 21.3 Å². The molecule has 0 aliphatic carbocycles. The molecule has 0 heterocycles. The summed E-state index contributed by atoms with van der Waals surface area (Å²) in [5.41, 5.74) is 7.64. The van der Waals surface area contributed by atoms with Crippen molar-refractivity contribution in [3.8, 4) is 0 Å². The van der Waals surface area contributed by atoms with Gasteiger partial charge in [-0.05, 0) is 50.4 Å². The minimum absolute atomic E-state index is 0.170. The number of hydrogen-bond donors (Lipinski definition) is 8. The number of carbonyl (C=O) groups is 7. The molecule has 2 aromatic carbocycles. The van der Waals surface area contributed by atoms with Crippen molar-refractivity contribution in [2.75, 3.05) is 25.9 Å². The lowest BCUT2D eigenvalue weighted by Crippen LogP contribution is -2.53. The maximum Gasteiger partial charge on any atom is 0.307 e. The first-order valence-electron chi connectivity index (χ1n) is 17.8. The zero-order valence-electron chi connectivity index (χ0n) is 30.1. The molecule has 8 N–H and O–H groups in total. The number of thiol groups is 1. The Bertz CT molecular complexity index is 1500. The van der Waals surface area contributed by atoms with Gasteiger partial charge in [0.15, 0.2) is 11.6 Å². The third-order valence-electron chi connectivity index (χ3n) is 8.66. The lowest BCUT2D eigenvalue weighted by atomic mass is 9.89. The molecule has 0 saturated heterocycles. The van der Waals surface area contributed by atoms with Crippen molar-refractivity contribution in [2.24, 2.45) is 17.6 Å². The number of carbonyl (C=O) groups excluding carboxylic acids is 5. The van der Waals surface area contributed by atoms with E-state index in [1.54, 1.807) is 12.1 Å². The van der Waals surface area contributed by atoms with Crippen LogP contribution in [-0.2, 0) is 46.4 Å².